The summed E-state index contributed by atoms with van der Waals surface area (Å²) in [6.45, 7) is 1.92. The third-order valence-corrected chi connectivity index (χ3v) is 8.14. The molecule has 0 aliphatic carbocycles. The molecule has 0 aromatic heterocycles. The van der Waals surface area contributed by atoms with Crippen LogP contribution in [0.5, 0.6) is 5.75 Å². The molecular weight excluding hydrogens is 516 g/mol. The number of hydroxylamine groups is 1. The van der Waals surface area contributed by atoms with Crippen LogP contribution in [0.3, 0.4) is 0 Å². The fourth-order valence-electron chi connectivity index (χ4n) is 5.03. The van der Waals surface area contributed by atoms with Crippen LogP contribution in [0.25, 0.3) is 0 Å². The van der Waals surface area contributed by atoms with Gasteiger partial charge in [0.15, 0.2) is 6.10 Å². The van der Waals surface area contributed by atoms with Crippen molar-refractivity contribution in [3.8, 4) is 5.75 Å². The zero-order chi connectivity index (χ0) is 27.1. The summed E-state index contributed by atoms with van der Waals surface area (Å²) in [6.07, 6.45) is -1.09. The Bertz CT molecular complexity index is 1640. The number of para-hydroxylation sites is 2. The minimum atomic E-state index is -4.17. The molecule has 0 N–H and O–H groups in total. The Balaban J connectivity index is 1.44. The molecule has 0 unspecified atom stereocenters. The van der Waals surface area contributed by atoms with E-state index in [1.165, 1.54) is 23.3 Å². The third-order valence-electron chi connectivity index (χ3n) is 6.89. The summed E-state index contributed by atoms with van der Waals surface area (Å²) in [4.78, 5) is 34.8. The zero-order valence-electron chi connectivity index (χ0n) is 20.9. The van der Waals surface area contributed by atoms with E-state index in [1.54, 1.807) is 60.7 Å². The predicted molar refractivity (Wildman–Crippen MR) is 144 cm³/mol. The summed E-state index contributed by atoms with van der Waals surface area (Å²) in [7, 11) is -4.17. The molecule has 4 aromatic carbocycles. The molecule has 2 fully saturated rings. The molecule has 2 amide bonds. The molecule has 2 aliphatic heterocycles. The maximum atomic E-state index is 13.9. The Morgan fingerprint density at radius 2 is 1.33 bits per heavy atom. The van der Waals surface area contributed by atoms with Gasteiger partial charge in [-0.2, -0.15) is 8.42 Å². The van der Waals surface area contributed by atoms with Crippen LogP contribution in [0.2, 0.25) is 0 Å². The molecule has 2 heterocycles. The highest BCUT2D eigenvalue weighted by molar-refractivity contribution is 7.87. The summed E-state index contributed by atoms with van der Waals surface area (Å²) < 4.78 is 31.9. The predicted octanol–water partition coefficient (Wildman–Crippen LogP) is 4.81. The van der Waals surface area contributed by atoms with Gasteiger partial charge in [0.25, 0.3) is 5.91 Å². The van der Waals surface area contributed by atoms with Crippen LogP contribution in [0, 0.1) is 12.8 Å². The van der Waals surface area contributed by atoms with Crippen molar-refractivity contribution in [3.05, 3.63) is 120 Å². The Hall–Kier alpha value is -4.47. The number of hydrogen-bond donors (Lipinski definition) is 0. The van der Waals surface area contributed by atoms with Gasteiger partial charge in [-0.15, -0.1) is 0 Å². The van der Waals surface area contributed by atoms with Crippen molar-refractivity contribution in [2.24, 2.45) is 5.92 Å². The van der Waals surface area contributed by atoms with Gasteiger partial charge in [0.1, 0.15) is 16.6 Å². The van der Waals surface area contributed by atoms with Gasteiger partial charge in [0, 0.05) is 5.56 Å². The normalized spacial score (nSPS) is 20.8. The molecule has 6 rings (SSSR count). The molecule has 0 spiro atoms. The average Bonchev–Trinajstić information content (AvgIpc) is 3.46. The first kappa shape index (κ1) is 24.8. The minimum Gasteiger partial charge on any atom is -0.379 e. The standard InChI is InChI=1S/C30H24N2O6S/c1-20-16-18-21(19-17-20)31-29(33)26-27(32(37-28(26)30(31)34)22-10-4-2-5-11-22)24-14-8-9-15-25(24)38-39(35,36)23-12-6-3-7-13-23/h2-19,26-28H,1H3/t26-,27+,28-/m0/s1. The minimum absolute atomic E-state index is 0.00191. The molecule has 4 aromatic rings. The van der Waals surface area contributed by atoms with E-state index < -0.39 is 40.0 Å². The fraction of sp³-hybridized carbons (Fsp3) is 0.133. The monoisotopic (exact) mass is 540 g/mol. The quantitative estimate of drug-likeness (QED) is 0.256. The largest absolute Gasteiger partial charge is 0.379 e. The first-order chi connectivity index (χ1) is 18.8. The molecule has 9 heteroatoms. The van der Waals surface area contributed by atoms with Crippen LogP contribution < -0.4 is 14.1 Å². The van der Waals surface area contributed by atoms with Crippen LogP contribution in [-0.2, 0) is 24.5 Å². The summed E-state index contributed by atoms with van der Waals surface area (Å²) in [5.41, 5.74) is 2.46. The first-order valence-electron chi connectivity index (χ1n) is 12.4. The van der Waals surface area contributed by atoms with Crippen molar-refractivity contribution in [2.45, 2.75) is 24.0 Å². The van der Waals surface area contributed by atoms with Crippen molar-refractivity contribution in [1.29, 1.82) is 0 Å². The third kappa shape index (κ3) is 4.35. The fourth-order valence-corrected chi connectivity index (χ4v) is 6.01. The summed E-state index contributed by atoms with van der Waals surface area (Å²) in [6, 6.07) is 29.7. The second-order valence-corrected chi connectivity index (χ2v) is 10.9. The van der Waals surface area contributed by atoms with Gasteiger partial charge in [-0.05, 0) is 49.4 Å². The number of rotatable bonds is 6. The van der Waals surface area contributed by atoms with Crippen molar-refractivity contribution >= 4 is 33.3 Å². The van der Waals surface area contributed by atoms with Crippen LogP contribution in [0.15, 0.2) is 114 Å². The van der Waals surface area contributed by atoms with Crippen molar-refractivity contribution in [1.82, 2.24) is 0 Å². The maximum Gasteiger partial charge on any atom is 0.339 e. The van der Waals surface area contributed by atoms with Crippen LogP contribution >= 0.6 is 0 Å². The van der Waals surface area contributed by atoms with Crippen LogP contribution in [0.1, 0.15) is 17.2 Å². The number of hydrogen-bond acceptors (Lipinski definition) is 7. The van der Waals surface area contributed by atoms with E-state index in [4.69, 9.17) is 9.02 Å². The Labute approximate surface area is 226 Å². The molecular formula is C30H24N2O6S. The lowest BCUT2D eigenvalue weighted by Crippen LogP contribution is -2.37. The topological polar surface area (TPSA) is 93.2 Å². The number of nitrogens with zero attached hydrogens (tertiary/aromatic N) is 2. The van der Waals surface area contributed by atoms with Gasteiger partial charge >= 0.3 is 10.1 Å². The molecule has 3 atom stereocenters. The molecule has 0 saturated carbocycles. The number of imide groups is 1. The number of benzene rings is 4. The van der Waals surface area contributed by atoms with Crippen molar-refractivity contribution in [3.63, 3.8) is 0 Å². The Morgan fingerprint density at radius 1 is 0.718 bits per heavy atom. The highest BCUT2D eigenvalue weighted by Crippen LogP contribution is 2.49. The molecule has 39 heavy (non-hydrogen) atoms. The van der Waals surface area contributed by atoms with Gasteiger partial charge < -0.3 is 4.18 Å². The van der Waals surface area contributed by atoms with Gasteiger partial charge in [0.05, 0.1) is 17.4 Å². The second kappa shape index (κ2) is 9.68. The van der Waals surface area contributed by atoms with E-state index in [-0.39, 0.29) is 10.6 Å². The maximum absolute atomic E-state index is 13.9. The van der Waals surface area contributed by atoms with E-state index in [0.29, 0.717) is 16.9 Å². The van der Waals surface area contributed by atoms with E-state index in [0.717, 1.165) is 10.5 Å². The number of amides is 2. The van der Waals surface area contributed by atoms with Crippen LogP contribution in [0.4, 0.5) is 11.4 Å². The van der Waals surface area contributed by atoms with E-state index >= 15 is 0 Å². The molecule has 196 valence electrons. The number of carbonyl (C=O) groups excluding carboxylic acids is 2. The van der Waals surface area contributed by atoms with Gasteiger partial charge in [-0.25, -0.2) is 9.96 Å². The molecule has 8 nitrogen and oxygen atoms in total. The summed E-state index contributed by atoms with van der Waals surface area (Å²) in [5.74, 6) is -1.81. The lowest BCUT2D eigenvalue weighted by atomic mass is 9.90. The smallest absolute Gasteiger partial charge is 0.339 e. The summed E-state index contributed by atoms with van der Waals surface area (Å²) >= 11 is 0. The Kier molecular flexibility index (Phi) is 6.17. The van der Waals surface area contributed by atoms with E-state index in [9.17, 15) is 18.0 Å². The molecule has 0 bridgehead atoms. The lowest BCUT2D eigenvalue weighted by molar-refractivity contribution is -0.126. The average molecular weight is 541 g/mol. The van der Waals surface area contributed by atoms with Crippen molar-refractivity contribution < 1.29 is 27.0 Å². The zero-order valence-corrected chi connectivity index (χ0v) is 21.7. The number of anilines is 2. The van der Waals surface area contributed by atoms with Gasteiger partial charge in [0.2, 0.25) is 5.91 Å². The second-order valence-electron chi connectivity index (χ2n) is 9.39. The summed E-state index contributed by atoms with van der Waals surface area (Å²) in [5, 5.41) is 1.51. The first-order valence-corrected chi connectivity index (χ1v) is 13.8. The SMILES string of the molecule is Cc1ccc(N2C(=O)[C@@H]3[C@H](ON(c4ccccc4)[C@@H]3c3ccccc3OS(=O)(=O)c3ccccc3)C2=O)cc1. The Morgan fingerprint density at radius 3 is 2.03 bits per heavy atom. The number of fused-ring (bicyclic) bond motifs is 1. The van der Waals surface area contributed by atoms with E-state index in [1.807, 2.05) is 37.3 Å². The molecule has 2 saturated heterocycles. The highest BCUT2D eigenvalue weighted by Gasteiger charge is 2.60. The van der Waals surface area contributed by atoms with Crippen LogP contribution in [-0.4, -0.2) is 26.3 Å². The molecule has 0 radical (unpaired) electrons. The van der Waals surface area contributed by atoms with Gasteiger partial charge in [-0.3, -0.25) is 14.4 Å². The van der Waals surface area contributed by atoms with Gasteiger partial charge in [-0.1, -0.05) is 72.3 Å². The van der Waals surface area contributed by atoms with Crippen molar-refractivity contribution in [2.75, 3.05) is 9.96 Å². The van der Waals surface area contributed by atoms with E-state index in [2.05, 4.69) is 0 Å². The molecule has 2 aliphatic rings. The highest BCUT2D eigenvalue weighted by atomic mass is 32.2. The number of carbonyl (C=O) groups is 2. The lowest BCUT2D eigenvalue weighted by Gasteiger charge is -2.29. The number of aryl methyl sites for hydroxylation is 1.